The number of carbonyl (C=O) groups excluding carboxylic acids is 2. The van der Waals surface area contributed by atoms with E-state index >= 15 is 0 Å². The number of hydrogen-bond donors (Lipinski definition) is 1. The molecule has 1 N–H and O–H groups in total. The normalized spacial score (nSPS) is 11.2. The maximum absolute atomic E-state index is 13.1. The standard InChI is InChI=1S/C21H25ClN2O2/c1-13-9-14(2)11-16(10-13)20(26)24(21(4,5)6)23-19(25)18-8-7-17(22)12-15(18)3/h7-12H,1-6H3,(H,23,25). The minimum Gasteiger partial charge on any atom is -0.267 e. The molecule has 2 aromatic carbocycles. The molecule has 4 nitrogen and oxygen atoms in total. The van der Waals surface area contributed by atoms with Crippen molar-refractivity contribution in [3.63, 3.8) is 0 Å². The number of benzene rings is 2. The summed E-state index contributed by atoms with van der Waals surface area (Å²) in [5, 5.41) is 1.95. The van der Waals surface area contributed by atoms with E-state index in [1.165, 1.54) is 5.01 Å². The SMILES string of the molecule is Cc1cc(C)cc(C(=O)N(NC(=O)c2ccc(Cl)cc2C)C(C)(C)C)c1. The van der Waals surface area contributed by atoms with E-state index in [0.717, 1.165) is 16.7 Å². The van der Waals surface area contributed by atoms with Crippen LogP contribution in [0.5, 0.6) is 0 Å². The molecule has 0 saturated carbocycles. The van der Waals surface area contributed by atoms with Crippen LogP contribution in [0.3, 0.4) is 0 Å². The van der Waals surface area contributed by atoms with Crippen molar-refractivity contribution >= 4 is 23.4 Å². The van der Waals surface area contributed by atoms with E-state index in [1.807, 2.05) is 59.7 Å². The first-order valence-electron chi connectivity index (χ1n) is 8.49. The van der Waals surface area contributed by atoms with Gasteiger partial charge in [0.1, 0.15) is 0 Å². The van der Waals surface area contributed by atoms with Gasteiger partial charge >= 0.3 is 0 Å². The van der Waals surface area contributed by atoms with Gasteiger partial charge in [-0.05, 0) is 77.4 Å². The summed E-state index contributed by atoms with van der Waals surface area (Å²) >= 11 is 5.96. The van der Waals surface area contributed by atoms with Crippen LogP contribution in [-0.4, -0.2) is 22.4 Å². The van der Waals surface area contributed by atoms with E-state index in [9.17, 15) is 9.59 Å². The number of amides is 2. The minimum atomic E-state index is -0.593. The molecule has 0 bridgehead atoms. The van der Waals surface area contributed by atoms with Crippen LogP contribution < -0.4 is 5.43 Å². The fourth-order valence-corrected chi connectivity index (χ4v) is 3.02. The summed E-state index contributed by atoms with van der Waals surface area (Å²) in [5.41, 5.74) is 5.97. The van der Waals surface area contributed by atoms with Crippen LogP contribution in [0.4, 0.5) is 0 Å². The Kier molecular flexibility index (Phi) is 5.77. The Bertz CT molecular complexity index is 833. The fourth-order valence-electron chi connectivity index (χ4n) is 2.79. The van der Waals surface area contributed by atoms with Gasteiger partial charge in [0.2, 0.25) is 0 Å². The summed E-state index contributed by atoms with van der Waals surface area (Å²) in [6.45, 7) is 11.3. The zero-order valence-electron chi connectivity index (χ0n) is 16.1. The molecule has 138 valence electrons. The highest BCUT2D eigenvalue weighted by Gasteiger charge is 2.30. The van der Waals surface area contributed by atoms with Crippen LogP contribution >= 0.6 is 11.6 Å². The van der Waals surface area contributed by atoms with Gasteiger partial charge in [0.25, 0.3) is 11.8 Å². The van der Waals surface area contributed by atoms with Gasteiger partial charge in [-0.1, -0.05) is 28.8 Å². The second-order valence-electron chi connectivity index (χ2n) is 7.59. The van der Waals surface area contributed by atoms with Gasteiger partial charge in [-0.2, -0.15) is 0 Å². The smallest absolute Gasteiger partial charge is 0.267 e. The first-order valence-corrected chi connectivity index (χ1v) is 8.87. The third kappa shape index (κ3) is 4.64. The van der Waals surface area contributed by atoms with Crippen LogP contribution in [0.2, 0.25) is 5.02 Å². The lowest BCUT2D eigenvalue weighted by atomic mass is 10.0. The zero-order chi connectivity index (χ0) is 19.6. The Labute approximate surface area is 160 Å². The quantitative estimate of drug-likeness (QED) is 0.766. The first-order chi connectivity index (χ1) is 12.0. The van der Waals surface area contributed by atoms with E-state index < -0.39 is 5.54 Å². The predicted octanol–water partition coefficient (Wildman–Crippen LogP) is 4.85. The molecular weight excluding hydrogens is 348 g/mol. The monoisotopic (exact) mass is 372 g/mol. The van der Waals surface area contributed by atoms with Crippen molar-refractivity contribution in [1.29, 1.82) is 0 Å². The second kappa shape index (κ2) is 7.50. The average molecular weight is 373 g/mol. The van der Waals surface area contributed by atoms with Crippen molar-refractivity contribution in [3.05, 3.63) is 69.2 Å². The first kappa shape index (κ1) is 20.0. The number of aryl methyl sites for hydroxylation is 3. The second-order valence-corrected chi connectivity index (χ2v) is 8.02. The Morgan fingerprint density at radius 1 is 0.962 bits per heavy atom. The van der Waals surface area contributed by atoms with Crippen LogP contribution in [-0.2, 0) is 0 Å². The highest BCUT2D eigenvalue weighted by atomic mass is 35.5. The number of carbonyl (C=O) groups is 2. The molecule has 0 aromatic heterocycles. The molecule has 2 rings (SSSR count). The summed E-state index contributed by atoms with van der Waals surface area (Å²) < 4.78 is 0. The van der Waals surface area contributed by atoms with Gasteiger partial charge in [-0.3, -0.25) is 15.0 Å². The zero-order valence-corrected chi connectivity index (χ0v) is 16.9. The molecule has 0 heterocycles. The highest BCUT2D eigenvalue weighted by molar-refractivity contribution is 6.30. The Morgan fingerprint density at radius 2 is 1.54 bits per heavy atom. The number of halogens is 1. The van der Waals surface area contributed by atoms with Gasteiger partial charge < -0.3 is 0 Å². The number of nitrogens with zero attached hydrogens (tertiary/aromatic N) is 1. The molecule has 0 fully saturated rings. The van der Waals surface area contributed by atoms with E-state index in [4.69, 9.17) is 11.6 Å². The molecule has 0 radical (unpaired) electrons. The van der Waals surface area contributed by atoms with Crippen molar-refractivity contribution in [2.45, 2.75) is 47.1 Å². The van der Waals surface area contributed by atoms with Crippen LogP contribution in [0.15, 0.2) is 36.4 Å². The van der Waals surface area contributed by atoms with Gasteiger partial charge in [-0.15, -0.1) is 0 Å². The fraction of sp³-hybridized carbons (Fsp3) is 0.333. The summed E-state index contributed by atoms with van der Waals surface area (Å²) in [4.78, 5) is 25.8. The number of hydrazine groups is 1. The van der Waals surface area contributed by atoms with Crippen molar-refractivity contribution in [1.82, 2.24) is 10.4 Å². The molecule has 2 aromatic rings. The van der Waals surface area contributed by atoms with Gasteiger partial charge in [-0.25, -0.2) is 5.01 Å². The van der Waals surface area contributed by atoms with E-state index in [1.54, 1.807) is 18.2 Å². The van der Waals surface area contributed by atoms with Gasteiger partial charge in [0.05, 0.1) is 5.54 Å². The molecule has 0 aliphatic carbocycles. The van der Waals surface area contributed by atoms with Gasteiger partial charge in [0, 0.05) is 16.1 Å². The van der Waals surface area contributed by atoms with Crippen molar-refractivity contribution in [2.75, 3.05) is 0 Å². The Balaban J connectivity index is 2.36. The highest BCUT2D eigenvalue weighted by Crippen LogP contribution is 2.19. The molecule has 0 atom stereocenters. The summed E-state index contributed by atoms with van der Waals surface area (Å²) in [5.74, 6) is -0.587. The lowest BCUT2D eigenvalue weighted by Crippen LogP contribution is -2.56. The maximum atomic E-state index is 13.1. The van der Waals surface area contributed by atoms with Crippen molar-refractivity contribution < 1.29 is 9.59 Å². The van der Waals surface area contributed by atoms with Crippen LogP contribution in [0.25, 0.3) is 0 Å². The van der Waals surface area contributed by atoms with Crippen LogP contribution in [0.1, 0.15) is 58.2 Å². The molecule has 0 aliphatic rings. The molecule has 0 saturated heterocycles. The largest absolute Gasteiger partial charge is 0.272 e. The van der Waals surface area contributed by atoms with Crippen LogP contribution in [0, 0.1) is 20.8 Å². The van der Waals surface area contributed by atoms with E-state index in [-0.39, 0.29) is 11.8 Å². The third-order valence-corrected chi connectivity index (χ3v) is 4.22. The molecular formula is C21H25ClN2O2. The van der Waals surface area contributed by atoms with E-state index in [0.29, 0.717) is 16.1 Å². The summed E-state index contributed by atoms with van der Waals surface area (Å²) in [7, 11) is 0. The lowest BCUT2D eigenvalue weighted by molar-refractivity contribution is 0.0358. The summed E-state index contributed by atoms with van der Waals surface area (Å²) in [6.07, 6.45) is 0. The predicted molar refractivity (Wildman–Crippen MR) is 105 cm³/mol. The molecule has 0 aliphatic heterocycles. The number of nitrogens with one attached hydrogen (secondary N) is 1. The van der Waals surface area contributed by atoms with Crippen molar-refractivity contribution in [2.24, 2.45) is 0 Å². The molecule has 2 amide bonds. The molecule has 5 heteroatoms. The number of hydrogen-bond acceptors (Lipinski definition) is 2. The van der Waals surface area contributed by atoms with E-state index in [2.05, 4.69) is 5.43 Å². The lowest BCUT2D eigenvalue weighted by Gasteiger charge is -2.35. The third-order valence-electron chi connectivity index (χ3n) is 3.99. The molecule has 26 heavy (non-hydrogen) atoms. The average Bonchev–Trinajstić information content (AvgIpc) is 2.49. The van der Waals surface area contributed by atoms with Crippen molar-refractivity contribution in [3.8, 4) is 0 Å². The maximum Gasteiger partial charge on any atom is 0.272 e. The summed E-state index contributed by atoms with van der Waals surface area (Å²) in [6, 6.07) is 10.7. The molecule has 0 spiro atoms. The topological polar surface area (TPSA) is 49.4 Å². The van der Waals surface area contributed by atoms with Gasteiger partial charge in [0.15, 0.2) is 0 Å². The Morgan fingerprint density at radius 3 is 2.04 bits per heavy atom. The Hall–Kier alpha value is -2.33. The minimum absolute atomic E-state index is 0.246. The number of rotatable bonds is 2. The molecule has 0 unspecified atom stereocenters.